The summed E-state index contributed by atoms with van der Waals surface area (Å²) in [4.78, 5) is 11.6. The summed E-state index contributed by atoms with van der Waals surface area (Å²) in [6.07, 6.45) is 18.5. The molecule has 0 amide bonds. The normalized spacial score (nSPS) is 11.8. The summed E-state index contributed by atoms with van der Waals surface area (Å²) >= 11 is 1.71. The van der Waals surface area contributed by atoms with Gasteiger partial charge in [0.1, 0.15) is 6.04 Å². The van der Waals surface area contributed by atoms with Gasteiger partial charge in [0.05, 0.1) is 6.61 Å². The van der Waals surface area contributed by atoms with Crippen molar-refractivity contribution in [1.82, 2.24) is 0 Å². The number of unbranched alkanes of at least 4 members (excludes halogenated alkanes) is 11. The van der Waals surface area contributed by atoms with Gasteiger partial charge in [0.25, 0.3) is 0 Å². The van der Waals surface area contributed by atoms with E-state index in [1.807, 2.05) is 6.26 Å². The van der Waals surface area contributed by atoms with Crippen LogP contribution in [0.4, 0.5) is 0 Å². The number of carbonyl (C=O) groups excluding carboxylic acids is 1. The Balaban J connectivity index is 0. The smallest absolute Gasteiger partial charge is 0.322 e. The van der Waals surface area contributed by atoms with Crippen LogP contribution < -0.4 is 5.73 Å². The lowest BCUT2D eigenvalue weighted by atomic mass is 10.1. The number of nitrogens with two attached hydrogens (primary N) is 1. The Morgan fingerprint density at radius 2 is 1.38 bits per heavy atom. The zero-order valence-electron chi connectivity index (χ0n) is 15.9. The fourth-order valence-corrected chi connectivity index (χ4v) is 3.08. The molecule has 0 fully saturated rings. The van der Waals surface area contributed by atoms with Crippen molar-refractivity contribution in [2.75, 3.05) is 18.6 Å². The number of thioether (sulfide) groups is 1. The molecule has 2 N–H and O–H groups in total. The highest BCUT2D eigenvalue weighted by atomic mass is 35.5. The average molecular weight is 382 g/mol. The summed E-state index contributed by atoms with van der Waals surface area (Å²) in [6.45, 7) is 2.80. The first kappa shape index (κ1) is 26.3. The highest BCUT2D eigenvalue weighted by molar-refractivity contribution is 7.98. The molecule has 0 heterocycles. The first-order valence-corrected chi connectivity index (χ1v) is 11.0. The van der Waals surface area contributed by atoms with Gasteiger partial charge in [-0.25, -0.2) is 0 Å². The zero-order valence-corrected chi connectivity index (χ0v) is 17.5. The van der Waals surface area contributed by atoms with E-state index in [0.29, 0.717) is 13.0 Å². The molecule has 0 aromatic heterocycles. The van der Waals surface area contributed by atoms with E-state index < -0.39 is 6.04 Å². The van der Waals surface area contributed by atoms with E-state index >= 15 is 0 Å². The summed E-state index contributed by atoms with van der Waals surface area (Å²) < 4.78 is 5.22. The van der Waals surface area contributed by atoms with Crippen LogP contribution in [0.1, 0.15) is 90.4 Å². The van der Waals surface area contributed by atoms with Crippen LogP contribution >= 0.6 is 24.2 Å². The van der Waals surface area contributed by atoms with Gasteiger partial charge in [-0.15, -0.1) is 12.4 Å². The van der Waals surface area contributed by atoms with Crippen LogP contribution in [0.2, 0.25) is 0 Å². The van der Waals surface area contributed by atoms with Crippen molar-refractivity contribution in [3.8, 4) is 0 Å². The average Bonchev–Trinajstić information content (AvgIpc) is 2.56. The van der Waals surface area contributed by atoms with Gasteiger partial charge in [0.15, 0.2) is 0 Å². The van der Waals surface area contributed by atoms with Crippen LogP contribution in [0, 0.1) is 0 Å². The third-order valence-electron chi connectivity index (χ3n) is 4.18. The Bertz CT molecular complexity index is 268. The van der Waals surface area contributed by atoms with Crippen molar-refractivity contribution in [3.05, 3.63) is 0 Å². The van der Waals surface area contributed by atoms with E-state index in [4.69, 9.17) is 10.5 Å². The van der Waals surface area contributed by atoms with Crippen LogP contribution in [0.5, 0.6) is 0 Å². The molecule has 0 aliphatic carbocycles. The Kier molecular flexibility index (Phi) is 23.1. The fourth-order valence-electron chi connectivity index (χ4n) is 2.59. The Labute approximate surface area is 160 Å². The zero-order chi connectivity index (χ0) is 17.2. The topological polar surface area (TPSA) is 52.3 Å². The Morgan fingerprint density at radius 1 is 0.917 bits per heavy atom. The number of ether oxygens (including phenoxy) is 1. The second-order valence-corrected chi connectivity index (χ2v) is 7.43. The molecule has 0 saturated carbocycles. The highest BCUT2D eigenvalue weighted by Crippen LogP contribution is 2.12. The molecule has 146 valence electrons. The summed E-state index contributed by atoms with van der Waals surface area (Å²) in [5.41, 5.74) is 5.76. The summed E-state index contributed by atoms with van der Waals surface area (Å²) in [7, 11) is 0. The first-order valence-electron chi connectivity index (χ1n) is 9.63. The number of hydrogen-bond donors (Lipinski definition) is 1. The molecule has 0 aromatic rings. The Hall–Kier alpha value is 0.0700. The van der Waals surface area contributed by atoms with Gasteiger partial charge < -0.3 is 10.5 Å². The van der Waals surface area contributed by atoms with E-state index in [0.717, 1.165) is 18.6 Å². The van der Waals surface area contributed by atoms with E-state index in [1.54, 1.807) is 11.8 Å². The molecule has 0 bridgehead atoms. The molecule has 3 nitrogen and oxygen atoms in total. The van der Waals surface area contributed by atoms with Crippen molar-refractivity contribution in [2.24, 2.45) is 5.73 Å². The third kappa shape index (κ3) is 18.4. The predicted octanol–water partition coefficient (Wildman–Crippen LogP) is 5.73. The second-order valence-electron chi connectivity index (χ2n) is 6.44. The van der Waals surface area contributed by atoms with Crippen molar-refractivity contribution in [3.63, 3.8) is 0 Å². The monoisotopic (exact) mass is 381 g/mol. The van der Waals surface area contributed by atoms with Gasteiger partial charge >= 0.3 is 5.97 Å². The van der Waals surface area contributed by atoms with Gasteiger partial charge in [-0.3, -0.25) is 4.79 Å². The lowest BCUT2D eigenvalue weighted by molar-refractivity contribution is -0.145. The molecule has 0 rings (SSSR count). The van der Waals surface area contributed by atoms with E-state index in [1.165, 1.54) is 64.2 Å². The Morgan fingerprint density at radius 3 is 1.83 bits per heavy atom. The summed E-state index contributed by atoms with van der Waals surface area (Å²) in [6, 6.07) is -0.445. The van der Waals surface area contributed by atoms with Gasteiger partial charge in [-0.1, -0.05) is 77.6 Å². The maximum atomic E-state index is 11.6. The van der Waals surface area contributed by atoms with Crippen LogP contribution in [-0.2, 0) is 9.53 Å². The van der Waals surface area contributed by atoms with Crippen molar-refractivity contribution < 1.29 is 9.53 Å². The lowest BCUT2D eigenvalue weighted by Crippen LogP contribution is -2.33. The molecule has 24 heavy (non-hydrogen) atoms. The standard InChI is InChI=1S/C19H39NO2S.ClH/c1-3-4-5-6-7-8-9-10-11-12-13-14-16-22-19(21)18(20)15-17-23-2;/h18H,3-17,20H2,1-2H3;1H/t18-;/m0./s1. The molecule has 0 saturated heterocycles. The van der Waals surface area contributed by atoms with Crippen LogP contribution in [0.15, 0.2) is 0 Å². The molecule has 0 aliphatic heterocycles. The number of halogens is 1. The van der Waals surface area contributed by atoms with Crippen molar-refractivity contribution in [2.45, 2.75) is 96.4 Å². The number of rotatable bonds is 17. The second kappa shape index (κ2) is 21.1. The maximum absolute atomic E-state index is 11.6. The summed E-state index contributed by atoms with van der Waals surface area (Å²) in [5.74, 6) is 0.677. The highest BCUT2D eigenvalue weighted by Gasteiger charge is 2.13. The molecule has 0 radical (unpaired) electrons. The van der Waals surface area contributed by atoms with Gasteiger partial charge in [0, 0.05) is 0 Å². The molecular formula is C19H40ClNO2S. The lowest BCUT2D eigenvalue weighted by Gasteiger charge is -2.10. The minimum absolute atomic E-state index is 0. The SMILES string of the molecule is CCCCCCCCCCCCCCOC(=O)[C@@H](N)CCSC.Cl. The first-order chi connectivity index (χ1) is 11.2. The largest absolute Gasteiger partial charge is 0.465 e. The maximum Gasteiger partial charge on any atom is 0.322 e. The van der Waals surface area contributed by atoms with Gasteiger partial charge in [0.2, 0.25) is 0 Å². The molecule has 1 atom stereocenters. The molecule has 0 aromatic carbocycles. The minimum Gasteiger partial charge on any atom is -0.465 e. The molecule has 0 spiro atoms. The molecule has 0 aliphatic rings. The summed E-state index contributed by atoms with van der Waals surface area (Å²) in [5, 5.41) is 0. The van der Waals surface area contributed by atoms with Gasteiger partial charge in [-0.2, -0.15) is 11.8 Å². The van der Waals surface area contributed by atoms with E-state index in [2.05, 4.69) is 6.92 Å². The molecule has 5 heteroatoms. The van der Waals surface area contributed by atoms with Crippen LogP contribution in [-0.4, -0.2) is 30.6 Å². The molecular weight excluding hydrogens is 342 g/mol. The quantitative estimate of drug-likeness (QED) is 0.258. The van der Waals surface area contributed by atoms with E-state index in [9.17, 15) is 4.79 Å². The van der Waals surface area contributed by atoms with Crippen LogP contribution in [0.3, 0.4) is 0 Å². The number of hydrogen-bond acceptors (Lipinski definition) is 4. The third-order valence-corrected chi connectivity index (χ3v) is 4.82. The van der Waals surface area contributed by atoms with Crippen LogP contribution in [0.25, 0.3) is 0 Å². The van der Waals surface area contributed by atoms with Gasteiger partial charge in [-0.05, 0) is 24.9 Å². The number of carbonyl (C=O) groups is 1. The minimum atomic E-state index is -0.445. The van der Waals surface area contributed by atoms with E-state index in [-0.39, 0.29) is 18.4 Å². The predicted molar refractivity (Wildman–Crippen MR) is 110 cm³/mol. The van der Waals surface area contributed by atoms with Crippen molar-refractivity contribution >= 4 is 30.1 Å². The fraction of sp³-hybridized carbons (Fsp3) is 0.947. The number of esters is 1. The van der Waals surface area contributed by atoms with Crippen molar-refractivity contribution in [1.29, 1.82) is 0 Å². The molecule has 0 unspecified atom stereocenters.